The highest BCUT2D eigenvalue weighted by Gasteiger charge is 2.81. The van der Waals surface area contributed by atoms with Gasteiger partial charge in [-0.25, -0.2) is 4.58 Å². The van der Waals surface area contributed by atoms with Crippen LogP contribution < -0.4 is 0 Å². The molecule has 3 heteroatoms. The summed E-state index contributed by atoms with van der Waals surface area (Å²) in [4.78, 5) is 12.8. The number of esters is 1. The quantitative estimate of drug-likeness (QED) is 0.407. The van der Waals surface area contributed by atoms with Crippen LogP contribution in [0.5, 0.6) is 0 Å². The van der Waals surface area contributed by atoms with Crippen molar-refractivity contribution < 1.29 is 14.1 Å². The van der Waals surface area contributed by atoms with Crippen molar-refractivity contribution in [2.45, 2.75) is 64.3 Å². The summed E-state index contributed by atoms with van der Waals surface area (Å²) in [5.41, 5.74) is 5.51. The fraction of sp³-hybridized carbons (Fsp3) is 0.739. The molecule has 0 unspecified atom stereocenters. The molecule has 2 heterocycles. The van der Waals surface area contributed by atoms with Gasteiger partial charge in [-0.15, -0.1) is 0 Å². The van der Waals surface area contributed by atoms with E-state index in [2.05, 4.69) is 30.7 Å². The van der Waals surface area contributed by atoms with Gasteiger partial charge < -0.3 is 4.74 Å². The molecule has 0 N–H and O–H groups in total. The third kappa shape index (κ3) is 1.38. The van der Waals surface area contributed by atoms with Crippen LogP contribution in [0.1, 0.15) is 58.8 Å². The van der Waals surface area contributed by atoms with Crippen molar-refractivity contribution >= 4 is 12.2 Å². The third-order valence-electron chi connectivity index (χ3n) is 9.67. The van der Waals surface area contributed by atoms with Crippen LogP contribution in [0.25, 0.3) is 0 Å². The highest BCUT2D eigenvalue weighted by atomic mass is 16.5. The lowest BCUT2D eigenvalue weighted by atomic mass is 9.50. The zero-order valence-electron chi connectivity index (χ0n) is 16.3. The number of hydrogen-bond acceptors (Lipinski definition) is 2. The number of carbonyl (C=O) groups excluding carboxylic acids is 1. The smallest absolute Gasteiger partial charge is 0.309 e. The first-order valence-electron chi connectivity index (χ1n) is 10.6. The summed E-state index contributed by atoms with van der Waals surface area (Å²) in [6.45, 7) is 6.07. The van der Waals surface area contributed by atoms with Crippen molar-refractivity contribution in [3.8, 4) is 0 Å². The summed E-state index contributed by atoms with van der Waals surface area (Å²) >= 11 is 0. The second kappa shape index (κ2) is 4.54. The lowest BCUT2D eigenvalue weighted by molar-refractivity contribution is -0.626. The minimum absolute atomic E-state index is 0.0435. The van der Waals surface area contributed by atoms with Crippen molar-refractivity contribution in [2.24, 2.45) is 28.6 Å². The van der Waals surface area contributed by atoms with E-state index in [1.165, 1.54) is 50.6 Å². The molecule has 138 valence electrons. The Labute approximate surface area is 156 Å². The molecule has 4 aliphatic carbocycles. The van der Waals surface area contributed by atoms with Crippen LogP contribution in [0.2, 0.25) is 0 Å². The number of nitrogens with zero attached hydrogens (tertiary/aromatic N) is 1. The van der Waals surface area contributed by atoms with E-state index >= 15 is 0 Å². The van der Waals surface area contributed by atoms with Crippen LogP contribution >= 0.6 is 0 Å². The van der Waals surface area contributed by atoms with Gasteiger partial charge in [0.05, 0.1) is 18.4 Å². The molecule has 0 aromatic heterocycles. The second-order valence-corrected chi connectivity index (χ2v) is 10.1. The van der Waals surface area contributed by atoms with Crippen LogP contribution in [-0.2, 0) is 9.53 Å². The molecule has 4 bridgehead atoms. The van der Waals surface area contributed by atoms with E-state index in [1.54, 1.807) is 18.3 Å². The maximum absolute atomic E-state index is 12.8. The Morgan fingerprint density at radius 1 is 1.27 bits per heavy atom. The van der Waals surface area contributed by atoms with E-state index in [0.29, 0.717) is 11.3 Å². The number of allylic oxidation sites excluding steroid dienone is 2. The Balaban J connectivity index is 1.67. The Morgan fingerprint density at radius 3 is 2.88 bits per heavy atom. The van der Waals surface area contributed by atoms with Gasteiger partial charge in [0.1, 0.15) is 6.54 Å². The lowest BCUT2D eigenvalue weighted by Crippen LogP contribution is -2.62. The molecule has 1 saturated heterocycles. The standard InChI is InChI=1S/C23H30NO2/c1-14-10-22-9-8-21(2)16(13-24(22)12-14)6-4-15-5-7-17-18(20(25)26-3)11-23(21,22)19(15)17/h10,12,16-18H,4-9,11,13H2,1-3H3/q+1/t16-,17-,18-,21+,22-,23-/m1/s1. The zero-order valence-corrected chi connectivity index (χ0v) is 16.3. The van der Waals surface area contributed by atoms with E-state index in [0.717, 1.165) is 12.3 Å². The fourth-order valence-electron chi connectivity index (χ4n) is 8.86. The predicted octanol–water partition coefficient (Wildman–Crippen LogP) is 3.88. The molecule has 6 rings (SSSR count). The van der Waals surface area contributed by atoms with Crippen LogP contribution in [0.3, 0.4) is 0 Å². The summed E-state index contributed by atoms with van der Waals surface area (Å²) in [5, 5.41) is 0. The number of ether oxygens (including phenoxy) is 1. The summed E-state index contributed by atoms with van der Waals surface area (Å²) in [6, 6.07) is 0. The molecule has 6 aliphatic rings. The molecule has 0 aromatic rings. The van der Waals surface area contributed by atoms with Gasteiger partial charge in [-0.2, -0.15) is 0 Å². The second-order valence-electron chi connectivity index (χ2n) is 10.1. The van der Waals surface area contributed by atoms with Gasteiger partial charge in [-0.3, -0.25) is 4.79 Å². The number of piperidine rings is 1. The lowest BCUT2D eigenvalue weighted by Gasteiger charge is -2.54. The molecule has 26 heavy (non-hydrogen) atoms. The number of methoxy groups -OCH3 is 1. The molecule has 6 atom stereocenters. The van der Waals surface area contributed by atoms with Crippen LogP contribution in [-0.4, -0.2) is 36.0 Å². The van der Waals surface area contributed by atoms with Crippen molar-refractivity contribution in [3.63, 3.8) is 0 Å². The van der Waals surface area contributed by atoms with Crippen molar-refractivity contribution in [2.75, 3.05) is 13.7 Å². The molecule has 2 saturated carbocycles. The fourth-order valence-corrected chi connectivity index (χ4v) is 8.86. The summed E-state index contributed by atoms with van der Waals surface area (Å²) < 4.78 is 8.03. The third-order valence-corrected chi connectivity index (χ3v) is 9.67. The molecular weight excluding hydrogens is 322 g/mol. The van der Waals surface area contributed by atoms with Gasteiger partial charge in [-0.1, -0.05) is 18.1 Å². The van der Waals surface area contributed by atoms with Gasteiger partial charge in [0.2, 0.25) is 0 Å². The van der Waals surface area contributed by atoms with Gasteiger partial charge in [0, 0.05) is 17.9 Å². The topological polar surface area (TPSA) is 29.3 Å². The average Bonchev–Trinajstić information content (AvgIpc) is 3.29. The van der Waals surface area contributed by atoms with E-state index in [1.807, 2.05) is 0 Å². The van der Waals surface area contributed by atoms with Crippen LogP contribution in [0.15, 0.2) is 22.8 Å². The van der Waals surface area contributed by atoms with Crippen LogP contribution in [0, 0.1) is 28.6 Å². The maximum Gasteiger partial charge on any atom is 0.309 e. The molecule has 3 fully saturated rings. The average molecular weight is 352 g/mol. The van der Waals surface area contributed by atoms with Gasteiger partial charge in [-0.05, 0) is 62.9 Å². The van der Waals surface area contributed by atoms with Crippen molar-refractivity contribution in [1.29, 1.82) is 0 Å². The monoisotopic (exact) mass is 352 g/mol. The molecule has 2 spiro atoms. The largest absolute Gasteiger partial charge is 0.469 e. The Bertz CT molecular complexity index is 835. The van der Waals surface area contributed by atoms with Gasteiger partial charge in [0.15, 0.2) is 11.8 Å². The maximum atomic E-state index is 12.8. The molecule has 2 aliphatic heterocycles. The summed E-state index contributed by atoms with van der Waals surface area (Å²) in [7, 11) is 1.58. The first kappa shape index (κ1) is 15.7. The number of rotatable bonds is 1. The zero-order chi connectivity index (χ0) is 17.9. The van der Waals surface area contributed by atoms with E-state index < -0.39 is 0 Å². The minimum atomic E-state index is 0.0435. The molecule has 0 aromatic carbocycles. The predicted molar refractivity (Wildman–Crippen MR) is 100 cm³/mol. The highest BCUT2D eigenvalue weighted by Crippen LogP contribution is 2.79. The molecule has 0 amide bonds. The summed E-state index contributed by atoms with van der Waals surface area (Å²) in [6.07, 6.45) is 13.6. The van der Waals surface area contributed by atoms with E-state index in [-0.39, 0.29) is 22.8 Å². The van der Waals surface area contributed by atoms with Gasteiger partial charge >= 0.3 is 5.97 Å². The van der Waals surface area contributed by atoms with Gasteiger partial charge in [0.25, 0.3) is 0 Å². The van der Waals surface area contributed by atoms with E-state index in [9.17, 15) is 4.79 Å². The Morgan fingerprint density at radius 2 is 2.08 bits per heavy atom. The number of carbonyl (C=O) groups is 1. The SMILES string of the molecule is COC(=O)[C@@H]1C[C@]23C4=C(CC[C@@H]5C[N+]6=CC(C)=C[C@@]62CC[C@@]53C)CC[C@@H]41. The molecule has 0 radical (unpaired) electrons. The number of hydrogen-bond donors (Lipinski definition) is 0. The highest BCUT2D eigenvalue weighted by molar-refractivity contribution is 5.78. The van der Waals surface area contributed by atoms with E-state index in [4.69, 9.17) is 4.74 Å². The molecular formula is C23H30NO2+. The molecule has 3 nitrogen and oxygen atoms in total. The van der Waals surface area contributed by atoms with Crippen molar-refractivity contribution in [3.05, 3.63) is 22.8 Å². The summed E-state index contributed by atoms with van der Waals surface area (Å²) in [5.74, 6) is 1.31. The Hall–Kier alpha value is -1.38. The normalized spacial score (nSPS) is 50.2. The minimum Gasteiger partial charge on any atom is -0.469 e. The van der Waals surface area contributed by atoms with Crippen molar-refractivity contribution in [1.82, 2.24) is 0 Å². The first-order chi connectivity index (χ1) is 12.5. The van der Waals surface area contributed by atoms with Crippen LogP contribution in [0.4, 0.5) is 0 Å². The Kier molecular flexibility index (Phi) is 2.73. The first-order valence-corrected chi connectivity index (χ1v) is 10.6.